The molecule has 0 atom stereocenters. The van der Waals surface area contributed by atoms with Crippen LogP contribution in [0.25, 0.3) is 0 Å². The number of hydrogen-bond donors (Lipinski definition) is 1. The number of rotatable bonds is 8. The lowest BCUT2D eigenvalue weighted by atomic mass is 9.84. The van der Waals surface area contributed by atoms with E-state index in [1.165, 1.54) is 38.1 Å². The number of benzene rings is 2. The molecule has 0 unspecified atom stereocenters. The fourth-order valence-corrected chi connectivity index (χ4v) is 2.95. The van der Waals surface area contributed by atoms with Gasteiger partial charge in [0, 0.05) is 12.8 Å². The van der Waals surface area contributed by atoms with Crippen molar-refractivity contribution in [3.05, 3.63) is 64.7 Å². The van der Waals surface area contributed by atoms with E-state index in [0.29, 0.717) is 24.2 Å². The maximum Gasteiger partial charge on any atom is 0.397 e. The van der Waals surface area contributed by atoms with E-state index in [9.17, 15) is 35.9 Å². The number of carbonyl (C=O) groups is 2. The van der Waals surface area contributed by atoms with Crippen molar-refractivity contribution in [1.29, 1.82) is 0 Å². The summed E-state index contributed by atoms with van der Waals surface area (Å²) < 4.78 is 78.6. The first-order valence-corrected chi connectivity index (χ1v) is 11.4. The van der Waals surface area contributed by atoms with Gasteiger partial charge in [0.1, 0.15) is 0 Å². The van der Waals surface area contributed by atoms with Gasteiger partial charge in [-0.05, 0) is 50.5 Å². The lowest BCUT2D eigenvalue weighted by molar-refractivity contribution is -0.180. The Kier molecular flexibility index (Phi) is 11.8. The molecule has 1 N–H and O–H groups in total. The number of hydrogen-bond acceptors (Lipinski definition) is 3. The van der Waals surface area contributed by atoms with Crippen LogP contribution in [-0.4, -0.2) is 30.8 Å². The summed E-state index contributed by atoms with van der Waals surface area (Å²) in [7, 11) is 0. The standard InChI is InChI=1S/C15H17ClF3NO3.C10H11F3/c1-2-23-14(22)6-4-10-3-5-11(16)12(9-10)20-13(21)7-8-15(17,18)19;1-9(2,10(11,12)13)8-6-4-3-5-7-8/h3,5,9H,2,4,6-8H2,1H3,(H,20,21);3-7H,1-2H3. The maximum atomic E-state index is 12.5. The highest BCUT2D eigenvalue weighted by atomic mass is 35.5. The highest BCUT2D eigenvalue weighted by molar-refractivity contribution is 6.33. The molecule has 0 fully saturated rings. The summed E-state index contributed by atoms with van der Waals surface area (Å²) in [5, 5.41) is 2.56. The largest absolute Gasteiger partial charge is 0.466 e. The molecule has 0 saturated carbocycles. The van der Waals surface area contributed by atoms with Gasteiger partial charge in [0.2, 0.25) is 5.91 Å². The number of esters is 1. The van der Waals surface area contributed by atoms with Crippen LogP contribution in [0.3, 0.4) is 0 Å². The summed E-state index contributed by atoms with van der Waals surface area (Å²) in [6, 6.07) is 12.6. The van der Waals surface area contributed by atoms with E-state index in [2.05, 4.69) is 5.32 Å². The molecule has 36 heavy (non-hydrogen) atoms. The van der Waals surface area contributed by atoms with Crippen LogP contribution in [0, 0.1) is 0 Å². The number of alkyl halides is 6. The molecular formula is C25H28ClF6NO3. The smallest absolute Gasteiger partial charge is 0.397 e. The number of aryl methyl sites for hydroxylation is 1. The van der Waals surface area contributed by atoms with E-state index in [4.69, 9.17) is 16.3 Å². The van der Waals surface area contributed by atoms with Gasteiger partial charge in [0.15, 0.2) is 0 Å². The number of nitrogens with one attached hydrogen (secondary N) is 1. The summed E-state index contributed by atoms with van der Waals surface area (Å²) in [6.45, 7) is 4.36. The van der Waals surface area contributed by atoms with E-state index in [-0.39, 0.29) is 23.1 Å². The van der Waals surface area contributed by atoms with E-state index in [1.54, 1.807) is 31.2 Å². The molecule has 0 aliphatic rings. The molecule has 1 amide bonds. The summed E-state index contributed by atoms with van der Waals surface area (Å²) in [5.41, 5.74) is -0.537. The number of carbonyl (C=O) groups excluding carboxylic acids is 2. The van der Waals surface area contributed by atoms with Gasteiger partial charge in [-0.3, -0.25) is 9.59 Å². The summed E-state index contributed by atoms with van der Waals surface area (Å²) in [6.07, 6.45) is -9.92. The Labute approximate surface area is 211 Å². The monoisotopic (exact) mass is 539 g/mol. The second-order valence-electron chi connectivity index (χ2n) is 8.27. The zero-order valence-corrected chi connectivity index (χ0v) is 20.8. The lowest BCUT2D eigenvalue weighted by Gasteiger charge is -2.28. The summed E-state index contributed by atoms with van der Waals surface area (Å²) in [5.74, 6) is -1.12. The van der Waals surface area contributed by atoms with E-state index in [0.717, 1.165) is 0 Å². The van der Waals surface area contributed by atoms with Crippen molar-refractivity contribution in [3.8, 4) is 0 Å². The average Bonchev–Trinajstić information content (AvgIpc) is 2.78. The molecule has 2 rings (SSSR count). The Morgan fingerprint density at radius 3 is 2.08 bits per heavy atom. The van der Waals surface area contributed by atoms with Crippen LogP contribution >= 0.6 is 11.6 Å². The van der Waals surface area contributed by atoms with Crippen molar-refractivity contribution in [2.75, 3.05) is 11.9 Å². The molecule has 0 heterocycles. The summed E-state index contributed by atoms with van der Waals surface area (Å²) >= 11 is 5.91. The van der Waals surface area contributed by atoms with Crippen molar-refractivity contribution < 1.29 is 40.7 Å². The summed E-state index contributed by atoms with van der Waals surface area (Å²) in [4.78, 5) is 22.8. The molecule has 0 bridgehead atoms. The SMILES string of the molecule is CC(C)(c1ccccc1)C(F)(F)F.CCOC(=O)CCc1ccc(Cl)c(NC(=O)CCC(F)(F)F)c1. The van der Waals surface area contributed by atoms with E-state index in [1.807, 2.05) is 0 Å². The van der Waals surface area contributed by atoms with Crippen LogP contribution in [0.4, 0.5) is 32.0 Å². The third kappa shape index (κ3) is 10.9. The third-order valence-electron chi connectivity index (χ3n) is 5.07. The molecule has 200 valence electrons. The quantitative estimate of drug-likeness (QED) is 0.277. The molecule has 0 saturated heterocycles. The third-order valence-corrected chi connectivity index (χ3v) is 5.40. The van der Waals surface area contributed by atoms with Gasteiger partial charge in [0.05, 0.1) is 29.2 Å². The molecular weight excluding hydrogens is 512 g/mol. The Morgan fingerprint density at radius 2 is 1.56 bits per heavy atom. The number of halogens is 7. The zero-order chi connectivity index (χ0) is 27.6. The van der Waals surface area contributed by atoms with Gasteiger partial charge < -0.3 is 10.1 Å². The highest BCUT2D eigenvalue weighted by Crippen LogP contribution is 2.40. The Hall–Kier alpha value is -2.75. The molecule has 2 aromatic carbocycles. The van der Waals surface area contributed by atoms with Crippen LogP contribution < -0.4 is 5.32 Å². The normalized spacial score (nSPS) is 11.8. The predicted molar refractivity (Wildman–Crippen MR) is 126 cm³/mol. The molecule has 0 spiro atoms. The van der Waals surface area contributed by atoms with Crippen molar-refractivity contribution in [3.63, 3.8) is 0 Å². The van der Waals surface area contributed by atoms with Gasteiger partial charge in [-0.1, -0.05) is 48.0 Å². The van der Waals surface area contributed by atoms with Crippen molar-refractivity contribution in [2.24, 2.45) is 0 Å². The second kappa shape index (κ2) is 13.5. The van der Waals surface area contributed by atoms with Crippen LogP contribution in [0.1, 0.15) is 51.2 Å². The molecule has 2 aromatic rings. The van der Waals surface area contributed by atoms with Crippen molar-refractivity contribution >= 4 is 29.2 Å². The molecule has 11 heteroatoms. The van der Waals surface area contributed by atoms with Crippen molar-refractivity contribution in [1.82, 2.24) is 0 Å². The minimum absolute atomic E-state index is 0.164. The first kappa shape index (κ1) is 31.3. The van der Waals surface area contributed by atoms with E-state index >= 15 is 0 Å². The maximum absolute atomic E-state index is 12.5. The molecule has 0 aromatic heterocycles. The molecule has 0 aliphatic heterocycles. The zero-order valence-electron chi connectivity index (χ0n) is 20.0. The minimum atomic E-state index is -4.39. The van der Waals surface area contributed by atoms with Gasteiger partial charge in [0.25, 0.3) is 0 Å². The number of anilines is 1. The van der Waals surface area contributed by atoms with Gasteiger partial charge in [-0.25, -0.2) is 0 Å². The van der Waals surface area contributed by atoms with Crippen LogP contribution in [0.2, 0.25) is 5.02 Å². The molecule has 0 aliphatic carbocycles. The van der Waals surface area contributed by atoms with Gasteiger partial charge >= 0.3 is 18.3 Å². The second-order valence-corrected chi connectivity index (χ2v) is 8.68. The Bertz CT molecular complexity index is 992. The topological polar surface area (TPSA) is 55.4 Å². The average molecular weight is 540 g/mol. The van der Waals surface area contributed by atoms with Crippen molar-refractivity contribution in [2.45, 2.75) is 64.2 Å². The van der Waals surface area contributed by atoms with Gasteiger partial charge in [-0.15, -0.1) is 0 Å². The lowest BCUT2D eigenvalue weighted by Crippen LogP contribution is -2.36. The Balaban J connectivity index is 0.000000420. The predicted octanol–water partition coefficient (Wildman–Crippen LogP) is 7.64. The van der Waals surface area contributed by atoms with Crippen LogP contribution in [-0.2, 0) is 26.2 Å². The highest BCUT2D eigenvalue weighted by Gasteiger charge is 2.48. The van der Waals surface area contributed by atoms with Crippen LogP contribution in [0.5, 0.6) is 0 Å². The fraction of sp³-hybridized carbons (Fsp3) is 0.440. The number of amides is 1. The van der Waals surface area contributed by atoms with Crippen LogP contribution in [0.15, 0.2) is 48.5 Å². The molecule has 0 radical (unpaired) electrons. The Morgan fingerprint density at radius 1 is 0.944 bits per heavy atom. The number of ether oxygens (including phenoxy) is 1. The first-order valence-electron chi connectivity index (χ1n) is 11.0. The van der Waals surface area contributed by atoms with E-state index < -0.39 is 36.5 Å². The first-order chi connectivity index (χ1) is 16.6. The minimum Gasteiger partial charge on any atom is -0.466 e. The fourth-order valence-electron chi connectivity index (χ4n) is 2.79. The van der Waals surface area contributed by atoms with Gasteiger partial charge in [-0.2, -0.15) is 26.3 Å². The molecule has 4 nitrogen and oxygen atoms in total.